The highest BCUT2D eigenvalue weighted by Gasteiger charge is 2.27. The molecule has 3 aromatic rings. The molecule has 1 aliphatic rings. The summed E-state index contributed by atoms with van der Waals surface area (Å²) in [6, 6.07) is 9.82. The lowest BCUT2D eigenvalue weighted by Gasteiger charge is -2.30. The van der Waals surface area contributed by atoms with Crippen molar-refractivity contribution in [3.05, 3.63) is 64.3 Å². The first-order valence-electron chi connectivity index (χ1n) is 12.3. The lowest BCUT2D eigenvalue weighted by Crippen LogP contribution is -2.45. The number of anilines is 1. The van der Waals surface area contributed by atoms with E-state index in [1.165, 1.54) is 12.1 Å². The maximum Gasteiger partial charge on any atom is 0.407 e. The summed E-state index contributed by atoms with van der Waals surface area (Å²) in [5.41, 5.74) is 1.67. The Labute approximate surface area is 223 Å². The molecule has 1 aliphatic carbocycles. The topological polar surface area (TPSA) is 105 Å². The molecule has 0 atom stereocenters. The van der Waals surface area contributed by atoms with E-state index in [0.29, 0.717) is 22.4 Å². The Morgan fingerprint density at radius 2 is 1.70 bits per heavy atom. The molecule has 2 heterocycles. The normalized spacial score (nSPS) is 17.8. The number of hydrogen-bond acceptors (Lipinski definition) is 6. The van der Waals surface area contributed by atoms with Gasteiger partial charge in [0.2, 0.25) is 0 Å². The number of carbonyl (C=O) groups is 2. The van der Waals surface area contributed by atoms with Crippen molar-refractivity contribution in [2.24, 2.45) is 0 Å². The second kappa shape index (κ2) is 11.4. The van der Waals surface area contributed by atoms with Crippen LogP contribution in [0.4, 0.5) is 14.9 Å². The first kappa shape index (κ1) is 26.8. The number of pyridine rings is 2. The van der Waals surface area contributed by atoms with Crippen molar-refractivity contribution < 1.29 is 18.7 Å². The second-order valence-corrected chi connectivity index (χ2v) is 10.9. The van der Waals surface area contributed by atoms with Gasteiger partial charge in [-0.2, -0.15) is 0 Å². The fraction of sp³-hybridized carbons (Fsp3) is 0.407. The van der Waals surface area contributed by atoms with Crippen molar-refractivity contribution in [2.75, 3.05) is 5.32 Å². The molecule has 1 saturated carbocycles. The number of nitrogens with zero attached hydrogens (tertiary/aromatic N) is 2. The van der Waals surface area contributed by atoms with E-state index in [0.717, 1.165) is 36.6 Å². The highest BCUT2D eigenvalue weighted by Crippen LogP contribution is 2.31. The Morgan fingerprint density at radius 1 is 1.05 bits per heavy atom. The molecule has 0 aliphatic heterocycles. The molecule has 10 heteroatoms. The number of fused-ring (bicyclic) bond motifs is 1. The molecule has 0 radical (unpaired) electrons. The highest BCUT2D eigenvalue weighted by molar-refractivity contribution is 9.10. The van der Waals surface area contributed by atoms with Crippen LogP contribution < -0.4 is 16.0 Å². The molecular formula is C27H31BrFN5O3. The van der Waals surface area contributed by atoms with Crippen molar-refractivity contribution in [3.63, 3.8) is 0 Å². The molecule has 4 rings (SSSR count). The molecule has 3 N–H and O–H groups in total. The van der Waals surface area contributed by atoms with Crippen LogP contribution in [0.3, 0.4) is 0 Å². The predicted octanol–water partition coefficient (Wildman–Crippen LogP) is 5.71. The van der Waals surface area contributed by atoms with Crippen LogP contribution in [-0.4, -0.2) is 39.7 Å². The monoisotopic (exact) mass is 571 g/mol. The fourth-order valence-electron chi connectivity index (χ4n) is 4.33. The van der Waals surface area contributed by atoms with Gasteiger partial charge in [0.1, 0.15) is 16.0 Å². The minimum absolute atomic E-state index is 0.00748. The number of hydrogen-bond donors (Lipinski definition) is 3. The molecule has 8 nitrogen and oxygen atoms in total. The summed E-state index contributed by atoms with van der Waals surface area (Å²) in [5, 5.41) is 10.1. The highest BCUT2D eigenvalue weighted by atomic mass is 79.9. The molecule has 2 aromatic heterocycles. The Balaban J connectivity index is 1.46. The minimum Gasteiger partial charge on any atom is -0.444 e. The summed E-state index contributed by atoms with van der Waals surface area (Å²) >= 11 is 3.48. The van der Waals surface area contributed by atoms with Crippen molar-refractivity contribution in [3.8, 4) is 0 Å². The first-order valence-corrected chi connectivity index (χ1v) is 13.1. The number of ether oxygens (including phenoxy) is 1. The molecule has 37 heavy (non-hydrogen) atoms. The molecule has 0 spiro atoms. The minimum atomic E-state index is -0.548. The summed E-state index contributed by atoms with van der Waals surface area (Å²) in [7, 11) is 0. The average Bonchev–Trinajstić information content (AvgIpc) is 2.84. The van der Waals surface area contributed by atoms with E-state index < -0.39 is 11.7 Å². The molecule has 2 amide bonds. The first-order chi connectivity index (χ1) is 17.6. The van der Waals surface area contributed by atoms with E-state index in [2.05, 4.69) is 41.8 Å². The maximum atomic E-state index is 13.4. The third-order valence-electron chi connectivity index (χ3n) is 6.09. The summed E-state index contributed by atoms with van der Waals surface area (Å²) in [4.78, 5) is 34.5. The zero-order chi connectivity index (χ0) is 26.6. The van der Waals surface area contributed by atoms with E-state index in [-0.39, 0.29) is 29.5 Å². The zero-order valence-electron chi connectivity index (χ0n) is 21.1. The summed E-state index contributed by atoms with van der Waals surface area (Å²) in [6.07, 6.45) is 4.15. The standard InChI is InChI=1S/C27H31BrFN5O3/c1-27(2,3)37-26(36)33-19-12-10-18(11-13-19)32-25(35)23-22(31-15-16-6-8-17(29)9-7-16)21-20(24(28)34-23)5-4-14-30-21/h4-9,14,18-19,31H,10-13,15H2,1-3H3,(H,32,35)(H,33,36). The number of alkyl carbamates (subject to hydrolysis) is 1. The van der Waals surface area contributed by atoms with Crippen molar-refractivity contribution >= 4 is 44.5 Å². The summed E-state index contributed by atoms with van der Waals surface area (Å²) in [5.74, 6) is -0.615. The van der Waals surface area contributed by atoms with Gasteiger partial charge in [0.25, 0.3) is 5.91 Å². The predicted molar refractivity (Wildman–Crippen MR) is 144 cm³/mol. The second-order valence-electron chi connectivity index (χ2n) is 10.2. The molecule has 196 valence electrons. The molecule has 1 aromatic carbocycles. The molecule has 0 unspecified atom stereocenters. The lowest BCUT2D eigenvalue weighted by molar-refractivity contribution is 0.0488. The van der Waals surface area contributed by atoms with Gasteiger partial charge in [0.15, 0.2) is 5.69 Å². The van der Waals surface area contributed by atoms with Crippen LogP contribution in [0.2, 0.25) is 0 Å². The van der Waals surface area contributed by atoms with Crippen LogP contribution in [0.25, 0.3) is 10.9 Å². The largest absolute Gasteiger partial charge is 0.444 e. The SMILES string of the molecule is CC(C)(C)OC(=O)NC1CCC(NC(=O)c2nc(Br)c3cccnc3c2NCc2ccc(F)cc2)CC1. The Hall–Kier alpha value is -3.27. The van der Waals surface area contributed by atoms with Crippen molar-refractivity contribution in [2.45, 2.75) is 70.7 Å². The number of rotatable bonds is 6. The Bertz CT molecular complexity index is 1270. The van der Waals surface area contributed by atoms with Crippen molar-refractivity contribution in [1.82, 2.24) is 20.6 Å². The van der Waals surface area contributed by atoms with Crippen LogP contribution in [0, 0.1) is 5.82 Å². The third kappa shape index (κ3) is 7.15. The molecule has 0 saturated heterocycles. The maximum absolute atomic E-state index is 13.4. The van der Waals surface area contributed by atoms with Crippen LogP contribution in [0.15, 0.2) is 47.2 Å². The Kier molecular flexibility index (Phi) is 8.26. The van der Waals surface area contributed by atoms with Gasteiger partial charge in [0, 0.05) is 30.2 Å². The Morgan fingerprint density at radius 3 is 2.35 bits per heavy atom. The number of carbonyl (C=O) groups excluding carboxylic acids is 2. The van der Waals surface area contributed by atoms with E-state index in [1.54, 1.807) is 18.3 Å². The van der Waals surface area contributed by atoms with E-state index in [9.17, 15) is 14.0 Å². The third-order valence-corrected chi connectivity index (χ3v) is 6.70. The summed E-state index contributed by atoms with van der Waals surface area (Å²) < 4.78 is 19.2. The van der Waals surface area contributed by atoms with Gasteiger partial charge in [-0.25, -0.2) is 14.2 Å². The lowest BCUT2D eigenvalue weighted by atomic mass is 9.91. The van der Waals surface area contributed by atoms with E-state index >= 15 is 0 Å². The quantitative estimate of drug-likeness (QED) is 0.327. The van der Waals surface area contributed by atoms with Gasteiger partial charge in [-0.15, -0.1) is 0 Å². The fourth-order valence-corrected chi connectivity index (χ4v) is 4.83. The van der Waals surface area contributed by atoms with E-state index in [4.69, 9.17) is 4.74 Å². The number of aromatic nitrogens is 2. The number of amides is 2. The number of nitrogens with one attached hydrogen (secondary N) is 3. The van der Waals surface area contributed by atoms with Gasteiger partial charge in [-0.05, 0) is 92.2 Å². The van der Waals surface area contributed by atoms with Crippen LogP contribution in [-0.2, 0) is 11.3 Å². The molecular weight excluding hydrogens is 541 g/mol. The zero-order valence-corrected chi connectivity index (χ0v) is 22.7. The number of halogens is 2. The summed E-state index contributed by atoms with van der Waals surface area (Å²) in [6.45, 7) is 5.86. The van der Waals surface area contributed by atoms with Crippen LogP contribution in [0.1, 0.15) is 62.5 Å². The van der Waals surface area contributed by atoms with Gasteiger partial charge in [-0.3, -0.25) is 9.78 Å². The van der Waals surface area contributed by atoms with Crippen LogP contribution in [0.5, 0.6) is 0 Å². The smallest absolute Gasteiger partial charge is 0.407 e. The van der Waals surface area contributed by atoms with Gasteiger partial charge in [-0.1, -0.05) is 12.1 Å². The van der Waals surface area contributed by atoms with Crippen molar-refractivity contribution in [1.29, 1.82) is 0 Å². The van der Waals surface area contributed by atoms with Gasteiger partial charge >= 0.3 is 6.09 Å². The van der Waals surface area contributed by atoms with Crippen LogP contribution >= 0.6 is 15.9 Å². The van der Waals surface area contributed by atoms with Gasteiger partial charge < -0.3 is 20.7 Å². The average molecular weight is 572 g/mol. The van der Waals surface area contributed by atoms with E-state index in [1.807, 2.05) is 32.9 Å². The molecule has 1 fully saturated rings. The number of benzene rings is 1. The van der Waals surface area contributed by atoms with Gasteiger partial charge in [0.05, 0.1) is 11.2 Å². The molecule has 0 bridgehead atoms.